The van der Waals surface area contributed by atoms with Crippen LogP contribution in [0, 0.1) is 12.3 Å². The van der Waals surface area contributed by atoms with Crippen molar-refractivity contribution in [3.63, 3.8) is 0 Å². The Balaban J connectivity index is 1.87. The van der Waals surface area contributed by atoms with Crippen LogP contribution in [0.3, 0.4) is 0 Å². The van der Waals surface area contributed by atoms with E-state index in [1.807, 2.05) is 0 Å². The molecule has 0 aromatic heterocycles. The largest absolute Gasteiger partial charge is 0.378 e. The molecule has 0 saturated heterocycles. The van der Waals surface area contributed by atoms with E-state index in [9.17, 15) is 0 Å². The Labute approximate surface area is 102 Å². The molecular weight excluding hydrogens is 196 g/mol. The maximum atomic E-state index is 5.90. The third-order valence-electron chi connectivity index (χ3n) is 3.40. The summed E-state index contributed by atoms with van der Waals surface area (Å²) in [6, 6.07) is 0. The smallest absolute Gasteiger partial charge is 0.0575 e. The molecular formula is C15H29O. The van der Waals surface area contributed by atoms with Gasteiger partial charge in [-0.15, -0.1) is 0 Å². The molecule has 1 fully saturated rings. The molecule has 0 amide bonds. The summed E-state index contributed by atoms with van der Waals surface area (Å²) in [4.78, 5) is 0. The zero-order valence-electron chi connectivity index (χ0n) is 11.3. The molecule has 95 valence electrons. The quantitative estimate of drug-likeness (QED) is 0.568. The third-order valence-corrected chi connectivity index (χ3v) is 3.40. The number of hydrogen-bond donors (Lipinski definition) is 0. The highest BCUT2D eigenvalue weighted by Crippen LogP contribution is 2.22. The first kappa shape index (κ1) is 14.0. The molecule has 1 heteroatoms. The van der Waals surface area contributed by atoms with E-state index in [4.69, 9.17) is 4.74 Å². The van der Waals surface area contributed by atoms with E-state index >= 15 is 0 Å². The molecule has 1 saturated carbocycles. The molecule has 1 aliphatic rings. The summed E-state index contributed by atoms with van der Waals surface area (Å²) in [5.41, 5.74) is 0.254. The number of unbranched alkanes of at least 4 members (excludes halogenated alkanes) is 2. The topological polar surface area (TPSA) is 9.23 Å². The van der Waals surface area contributed by atoms with Crippen molar-refractivity contribution in [1.82, 2.24) is 0 Å². The summed E-state index contributed by atoms with van der Waals surface area (Å²) in [6.07, 6.45) is 12.4. The Bertz CT molecular complexity index is 163. The van der Waals surface area contributed by atoms with E-state index in [1.54, 1.807) is 0 Å². The van der Waals surface area contributed by atoms with E-state index in [0.717, 1.165) is 6.61 Å². The first-order chi connectivity index (χ1) is 7.58. The van der Waals surface area contributed by atoms with Gasteiger partial charge in [0, 0.05) is 6.61 Å². The fourth-order valence-corrected chi connectivity index (χ4v) is 2.36. The monoisotopic (exact) mass is 225 g/mol. The minimum Gasteiger partial charge on any atom is -0.378 e. The molecule has 0 unspecified atom stereocenters. The van der Waals surface area contributed by atoms with Crippen LogP contribution in [-0.2, 0) is 4.74 Å². The lowest BCUT2D eigenvalue weighted by atomic mass is 9.89. The lowest BCUT2D eigenvalue weighted by molar-refractivity contribution is 0.0261. The van der Waals surface area contributed by atoms with E-state index < -0.39 is 0 Å². The fraction of sp³-hybridized carbons (Fsp3) is 0.933. The second kappa shape index (κ2) is 7.32. The molecule has 0 aromatic carbocycles. The molecule has 0 aliphatic heterocycles. The van der Waals surface area contributed by atoms with Crippen LogP contribution in [0.5, 0.6) is 0 Å². The Morgan fingerprint density at radius 1 is 1.06 bits per heavy atom. The van der Waals surface area contributed by atoms with Crippen molar-refractivity contribution >= 4 is 0 Å². The predicted molar refractivity (Wildman–Crippen MR) is 70.4 cm³/mol. The summed E-state index contributed by atoms with van der Waals surface area (Å²) in [5, 5.41) is 0. The van der Waals surface area contributed by atoms with Crippen LogP contribution < -0.4 is 0 Å². The van der Waals surface area contributed by atoms with Crippen molar-refractivity contribution in [2.24, 2.45) is 5.41 Å². The molecule has 1 rings (SSSR count). The van der Waals surface area contributed by atoms with Gasteiger partial charge < -0.3 is 4.74 Å². The highest BCUT2D eigenvalue weighted by molar-refractivity contribution is 4.70. The van der Waals surface area contributed by atoms with Gasteiger partial charge in [-0.3, -0.25) is 0 Å². The average Bonchev–Trinajstić information content (AvgIpc) is 2.23. The van der Waals surface area contributed by atoms with Crippen LogP contribution in [0.4, 0.5) is 0 Å². The molecule has 1 radical (unpaired) electrons. The predicted octanol–water partition coefficient (Wildman–Crippen LogP) is 4.76. The van der Waals surface area contributed by atoms with Gasteiger partial charge >= 0.3 is 0 Å². The molecule has 0 heterocycles. The maximum absolute atomic E-state index is 5.90. The standard InChI is InChI=1S/C15H29O/c1-15(2,3)12-8-5-9-13-16-14-10-6-4-7-11-14/h14H,1,4-13H2,2-3H3. The minimum atomic E-state index is 0.254. The average molecular weight is 225 g/mol. The molecule has 0 N–H and O–H groups in total. The second-order valence-corrected chi connectivity index (χ2v) is 6.11. The minimum absolute atomic E-state index is 0.254. The Kier molecular flexibility index (Phi) is 6.41. The van der Waals surface area contributed by atoms with Crippen molar-refractivity contribution < 1.29 is 4.74 Å². The van der Waals surface area contributed by atoms with Crippen LogP contribution in [0.15, 0.2) is 0 Å². The highest BCUT2D eigenvalue weighted by Gasteiger charge is 2.13. The summed E-state index contributed by atoms with van der Waals surface area (Å²) < 4.78 is 5.90. The summed E-state index contributed by atoms with van der Waals surface area (Å²) in [5.74, 6) is 0. The van der Waals surface area contributed by atoms with Crippen molar-refractivity contribution in [1.29, 1.82) is 0 Å². The third kappa shape index (κ3) is 7.27. The first-order valence-corrected chi connectivity index (χ1v) is 7.05. The molecule has 0 bridgehead atoms. The lowest BCUT2D eigenvalue weighted by Gasteiger charge is -2.22. The molecule has 0 atom stereocenters. The molecule has 16 heavy (non-hydrogen) atoms. The zero-order valence-corrected chi connectivity index (χ0v) is 11.3. The van der Waals surface area contributed by atoms with Crippen LogP contribution in [0.2, 0.25) is 0 Å². The van der Waals surface area contributed by atoms with Gasteiger partial charge in [-0.2, -0.15) is 0 Å². The Morgan fingerprint density at radius 2 is 1.75 bits per heavy atom. The van der Waals surface area contributed by atoms with Crippen LogP contribution in [0.1, 0.15) is 71.6 Å². The molecule has 1 nitrogen and oxygen atoms in total. The Morgan fingerprint density at radius 3 is 2.38 bits per heavy atom. The summed E-state index contributed by atoms with van der Waals surface area (Å²) in [6.45, 7) is 9.53. The van der Waals surface area contributed by atoms with Gasteiger partial charge in [-0.05, 0) is 38.0 Å². The van der Waals surface area contributed by atoms with E-state index in [0.29, 0.717) is 6.10 Å². The second-order valence-electron chi connectivity index (χ2n) is 6.11. The maximum Gasteiger partial charge on any atom is 0.0575 e. The van der Waals surface area contributed by atoms with Gasteiger partial charge in [-0.25, -0.2) is 0 Å². The first-order valence-electron chi connectivity index (χ1n) is 7.05. The number of rotatable bonds is 7. The van der Waals surface area contributed by atoms with Gasteiger partial charge in [0.05, 0.1) is 6.10 Å². The van der Waals surface area contributed by atoms with Crippen molar-refractivity contribution in [2.45, 2.75) is 77.7 Å². The Hall–Kier alpha value is -0.0400. The van der Waals surface area contributed by atoms with E-state index in [-0.39, 0.29) is 5.41 Å². The summed E-state index contributed by atoms with van der Waals surface area (Å²) >= 11 is 0. The molecule has 0 spiro atoms. The van der Waals surface area contributed by atoms with Crippen molar-refractivity contribution in [3.8, 4) is 0 Å². The van der Waals surface area contributed by atoms with Gasteiger partial charge in [0.25, 0.3) is 0 Å². The van der Waals surface area contributed by atoms with Gasteiger partial charge in [0.1, 0.15) is 0 Å². The number of ether oxygens (including phenoxy) is 1. The highest BCUT2D eigenvalue weighted by atomic mass is 16.5. The molecule has 0 aromatic rings. The lowest BCUT2D eigenvalue weighted by Crippen LogP contribution is -2.17. The van der Waals surface area contributed by atoms with Crippen LogP contribution >= 0.6 is 0 Å². The number of hydrogen-bond acceptors (Lipinski definition) is 1. The summed E-state index contributed by atoms with van der Waals surface area (Å²) in [7, 11) is 0. The van der Waals surface area contributed by atoms with Crippen molar-refractivity contribution in [2.75, 3.05) is 6.61 Å². The normalized spacial score (nSPS) is 18.9. The van der Waals surface area contributed by atoms with E-state index in [1.165, 1.54) is 57.8 Å². The van der Waals surface area contributed by atoms with Gasteiger partial charge in [-0.1, -0.05) is 46.0 Å². The van der Waals surface area contributed by atoms with E-state index in [2.05, 4.69) is 20.8 Å². The zero-order chi connectivity index (χ0) is 11.9. The van der Waals surface area contributed by atoms with Gasteiger partial charge in [0.2, 0.25) is 0 Å². The van der Waals surface area contributed by atoms with Crippen LogP contribution in [0.25, 0.3) is 0 Å². The van der Waals surface area contributed by atoms with Crippen molar-refractivity contribution in [3.05, 3.63) is 6.92 Å². The SMILES string of the molecule is [CH2]C(C)(C)CCCCCOC1CCCCC1. The fourth-order valence-electron chi connectivity index (χ4n) is 2.36. The molecule has 1 aliphatic carbocycles. The van der Waals surface area contributed by atoms with Crippen LogP contribution in [-0.4, -0.2) is 12.7 Å². The van der Waals surface area contributed by atoms with Gasteiger partial charge in [0.15, 0.2) is 0 Å².